The van der Waals surface area contributed by atoms with Crippen LogP contribution < -0.4 is 4.74 Å². The molecule has 1 aliphatic rings. The first-order valence-corrected chi connectivity index (χ1v) is 6.45. The van der Waals surface area contributed by atoms with Gasteiger partial charge in [0, 0.05) is 12.0 Å². The third-order valence-electron chi connectivity index (χ3n) is 3.48. The van der Waals surface area contributed by atoms with Gasteiger partial charge in [0.25, 0.3) is 0 Å². The highest BCUT2D eigenvalue weighted by atomic mass is 19.4. The van der Waals surface area contributed by atoms with Crippen LogP contribution in [-0.4, -0.2) is 12.1 Å². The van der Waals surface area contributed by atoms with Crippen molar-refractivity contribution in [3.63, 3.8) is 0 Å². The molecule has 0 atom stereocenters. The topological polar surface area (TPSA) is 26.3 Å². The third-order valence-corrected chi connectivity index (χ3v) is 3.48. The van der Waals surface area contributed by atoms with Gasteiger partial charge in [0.2, 0.25) is 0 Å². The maximum absolute atomic E-state index is 12.1. The van der Waals surface area contributed by atoms with Crippen molar-refractivity contribution < 1.29 is 22.7 Å². The molecule has 0 heterocycles. The number of carbonyl (C=O) groups excluding carboxylic acids is 1. The van der Waals surface area contributed by atoms with Gasteiger partial charge in [-0.2, -0.15) is 0 Å². The van der Waals surface area contributed by atoms with E-state index >= 15 is 0 Å². The second kappa shape index (κ2) is 4.91. The number of fused-ring (bicyclic) bond motifs is 1. The minimum absolute atomic E-state index is 0.115. The molecule has 0 N–H and O–H groups in total. The van der Waals surface area contributed by atoms with Gasteiger partial charge in [-0.15, -0.1) is 13.2 Å². The van der Waals surface area contributed by atoms with E-state index in [0.717, 1.165) is 16.7 Å². The Kier molecular flexibility index (Phi) is 3.20. The Labute approximate surface area is 119 Å². The molecule has 0 saturated heterocycles. The van der Waals surface area contributed by atoms with E-state index in [1.165, 1.54) is 12.1 Å². The zero-order chi connectivity index (χ0) is 15.0. The molecule has 2 aromatic rings. The predicted molar refractivity (Wildman–Crippen MR) is 71.2 cm³/mol. The number of carbonyl (C=O) groups is 1. The first kappa shape index (κ1) is 13.7. The molecule has 0 aromatic heterocycles. The molecule has 0 unspecified atom stereocenters. The monoisotopic (exact) mass is 292 g/mol. The average Bonchev–Trinajstić information content (AvgIpc) is 2.80. The fraction of sp³-hybridized carbons (Fsp3) is 0.188. The van der Waals surface area contributed by atoms with Gasteiger partial charge in [-0.1, -0.05) is 30.3 Å². The van der Waals surface area contributed by atoms with Gasteiger partial charge in [0.15, 0.2) is 5.78 Å². The molecular formula is C16H11F3O2. The summed E-state index contributed by atoms with van der Waals surface area (Å²) in [5.41, 5.74) is 3.34. The van der Waals surface area contributed by atoms with Crippen LogP contribution >= 0.6 is 0 Å². The molecule has 5 heteroatoms. The maximum atomic E-state index is 12.1. The lowest BCUT2D eigenvalue weighted by Crippen LogP contribution is -2.16. The molecule has 2 nitrogen and oxygen atoms in total. The van der Waals surface area contributed by atoms with Gasteiger partial charge in [0.05, 0.1) is 0 Å². The van der Waals surface area contributed by atoms with E-state index in [0.29, 0.717) is 18.4 Å². The quantitative estimate of drug-likeness (QED) is 0.821. The zero-order valence-corrected chi connectivity index (χ0v) is 10.9. The van der Waals surface area contributed by atoms with Crippen LogP contribution in [-0.2, 0) is 6.42 Å². The average molecular weight is 292 g/mol. The van der Waals surface area contributed by atoms with E-state index in [4.69, 9.17) is 0 Å². The molecule has 2 aromatic carbocycles. The molecule has 3 rings (SSSR count). The van der Waals surface area contributed by atoms with E-state index in [9.17, 15) is 18.0 Å². The highest BCUT2D eigenvalue weighted by Crippen LogP contribution is 2.33. The summed E-state index contributed by atoms with van der Waals surface area (Å²) in [5, 5.41) is 0. The van der Waals surface area contributed by atoms with Crippen LogP contribution in [0.1, 0.15) is 22.3 Å². The number of Topliss-reactive ketones (excluding diaryl/α,β-unsaturated/α-hetero) is 1. The number of halogens is 3. The Morgan fingerprint density at radius 1 is 0.905 bits per heavy atom. The first-order valence-electron chi connectivity index (χ1n) is 6.45. The van der Waals surface area contributed by atoms with Crippen molar-refractivity contribution in [2.75, 3.05) is 0 Å². The Balaban J connectivity index is 1.94. The number of rotatable bonds is 2. The van der Waals surface area contributed by atoms with Crippen LogP contribution in [0.4, 0.5) is 13.2 Å². The highest BCUT2D eigenvalue weighted by Gasteiger charge is 2.31. The van der Waals surface area contributed by atoms with Crippen molar-refractivity contribution in [3.8, 4) is 16.9 Å². The Morgan fingerprint density at radius 3 is 2.24 bits per heavy atom. The summed E-state index contributed by atoms with van der Waals surface area (Å²) < 4.78 is 40.2. The summed E-state index contributed by atoms with van der Waals surface area (Å²) in [6.07, 6.45) is -3.53. The minimum Gasteiger partial charge on any atom is -0.406 e. The van der Waals surface area contributed by atoms with Crippen molar-refractivity contribution in [3.05, 3.63) is 53.6 Å². The Morgan fingerprint density at radius 2 is 1.57 bits per heavy atom. The van der Waals surface area contributed by atoms with Crippen molar-refractivity contribution >= 4 is 5.78 Å². The van der Waals surface area contributed by atoms with Gasteiger partial charge in [-0.25, -0.2) is 0 Å². The second-order valence-electron chi connectivity index (χ2n) is 4.83. The third kappa shape index (κ3) is 2.77. The summed E-state index contributed by atoms with van der Waals surface area (Å²) in [7, 11) is 0. The molecule has 0 bridgehead atoms. The summed E-state index contributed by atoms with van der Waals surface area (Å²) in [5.74, 6) is -0.140. The summed E-state index contributed by atoms with van der Waals surface area (Å²) in [6.45, 7) is 0. The van der Waals surface area contributed by atoms with Crippen molar-refractivity contribution in [1.82, 2.24) is 0 Å². The minimum atomic E-state index is -4.69. The van der Waals surface area contributed by atoms with Crippen LogP contribution in [0.15, 0.2) is 42.5 Å². The first-order chi connectivity index (χ1) is 9.94. The van der Waals surface area contributed by atoms with Gasteiger partial charge < -0.3 is 4.74 Å². The molecule has 0 amide bonds. The predicted octanol–water partition coefficient (Wildman–Crippen LogP) is 4.38. The van der Waals surface area contributed by atoms with Crippen LogP contribution in [0.2, 0.25) is 0 Å². The van der Waals surface area contributed by atoms with Crippen molar-refractivity contribution in [2.24, 2.45) is 0 Å². The fourth-order valence-electron chi connectivity index (χ4n) is 2.60. The molecule has 108 valence electrons. The van der Waals surface area contributed by atoms with Gasteiger partial charge in [-0.05, 0) is 35.2 Å². The largest absolute Gasteiger partial charge is 0.573 e. The van der Waals surface area contributed by atoms with Crippen LogP contribution in [0, 0.1) is 0 Å². The molecule has 21 heavy (non-hydrogen) atoms. The highest BCUT2D eigenvalue weighted by molar-refractivity contribution is 6.02. The fourth-order valence-corrected chi connectivity index (χ4v) is 2.60. The van der Waals surface area contributed by atoms with Crippen molar-refractivity contribution in [1.29, 1.82) is 0 Å². The van der Waals surface area contributed by atoms with Gasteiger partial charge >= 0.3 is 6.36 Å². The number of benzene rings is 2. The van der Waals surface area contributed by atoms with Crippen LogP contribution in [0.5, 0.6) is 5.75 Å². The normalized spacial score (nSPS) is 14.1. The molecule has 0 aliphatic heterocycles. The number of ketones is 1. The number of hydrogen-bond acceptors (Lipinski definition) is 2. The standard InChI is InChI=1S/C16H11F3O2/c17-16(18,19)21-11-6-4-10(5-7-11)12-2-1-3-14-13(12)8-9-15(14)20/h1-7H,8-9H2. The van der Waals surface area contributed by atoms with Gasteiger partial charge in [0.1, 0.15) is 5.75 Å². The SMILES string of the molecule is O=C1CCc2c1cccc2-c1ccc(OC(F)(F)F)cc1. The van der Waals surface area contributed by atoms with E-state index in [1.54, 1.807) is 24.3 Å². The van der Waals surface area contributed by atoms with Crippen LogP contribution in [0.3, 0.4) is 0 Å². The molecular weight excluding hydrogens is 281 g/mol. The van der Waals surface area contributed by atoms with E-state index in [1.807, 2.05) is 6.07 Å². The number of alkyl halides is 3. The lowest BCUT2D eigenvalue weighted by Gasteiger charge is -2.11. The number of hydrogen-bond donors (Lipinski definition) is 0. The second-order valence-corrected chi connectivity index (χ2v) is 4.83. The molecule has 0 radical (unpaired) electrons. The molecule has 0 spiro atoms. The molecule has 0 saturated carbocycles. The zero-order valence-electron chi connectivity index (χ0n) is 10.9. The lowest BCUT2D eigenvalue weighted by atomic mass is 9.97. The van der Waals surface area contributed by atoms with Crippen LogP contribution in [0.25, 0.3) is 11.1 Å². The summed E-state index contributed by atoms with van der Waals surface area (Å²) in [6, 6.07) is 11.1. The van der Waals surface area contributed by atoms with E-state index in [2.05, 4.69) is 4.74 Å². The van der Waals surface area contributed by atoms with E-state index < -0.39 is 6.36 Å². The van der Waals surface area contributed by atoms with Crippen molar-refractivity contribution in [2.45, 2.75) is 19.2 Å². The van der Waals surface area contributed by atoms with E-state index in [-0.39, 0.29) is 11.5 Å². The number of ether oxygens (including phenoxy) is 1. The van der Waals surface area contributed by atoms with Gasteiger partial charge in [-0.3, -0.25) is 4.79 Å². The molecule has 1 aliphatic carbocycles. The maximum Gasteiger partial charge on any atom is 0.573 e. The Hall–Kier alpha value is -2.30. The lowest BCUT2D eigenvalue weighted by molar-refractivity contribution is -0.274. The Bertz CT molecular complexity index is 688. The summed E-state index contributed by atoms with van der Waals surface area (Å²) >= 11 is 0. The molecule has 0 fully saturated rings. The smallest absolute Gasteiger partial charge is 0.406 e. The summed E-state index contributed by atoms with van der Waals surface area (Å²) in [4.78, 5) is 11.7.